The van der Waals surface area contributed by atoms with E-state index in [2.05, 4.69) is 10.2 Å². The second-order valence-electron chi connectivity index (χ2n) is 7.07. The quantitative estimate of drug-likeness (QED) is 0.825. The first-order chi connectivity index (χ1) is 13.1. The molecule has 2 aromatic rings. The van der Waals surface area contributed by atoms with Gasteiger partial charge < -0.3 is 14.5 Å². The first-order valence-electron chi connectivity index (χ1n) is 9.21. The van der Waals surface area contributed by atoms with Crippen LogP contribution in [0.25, 0.3) is 0 Å². The molecule has 0 radical (unpaired) electrons. The smallest absolute Gasteiger partial charge is 0.233 e. The standard InChI is InChI=1S/C20H22N4O3/c1-14-7-8-18(22-21-14)27-17-9-10-23(13-17)20(26)15-11-19(25)24(12-15)16-5-3-2-4-6-16/h2-8,15,17H,9-13H2,1H3. The van der Waals surface area contributed by atoms with Crippen LogP contribution < -0.4 is 9.64 Å². The summed E-state index contributed by atoms with van der Waals surface area (Å²) in [5.41, 5.74) is 1.68. The summed E-state index contributed by atoms with van der Waals surface area (Å²) in [6.07, 6.45) is 0.928. The van der Waals surface area contributed by atoms with Gasteiger partial charge in [-0.15, -0.1) is 5.10 Å². The number of rotatable bonds is 4. The van der Waals surface area contributed by atoms with Crippen molar-refractivity contribution in [2.45, 2.75) is 25.9 Å². The number of anilines is 1. The number of hydrogen-bond donors (Lipinski definition) is 0. The molecule has 1 aromatic heterocycles. The van der Waals surface area contributed by atoms with Crippen LogP contribution in [0.2, 0.25) is 0 Å². The summed E-state index contributed by atoms with van der Waals surface area (Å²) in [5.74, 6) is 0.214. The Kier molecular flexibility index (Phi) is 4.75. The summed E-state index contributed by atoms with van der Waals surface area (Å²) in [4.78, 5) is 28.7. The zero-order chi connectivity index (χ0) is 18.8. The molecule has 7 heteroatoms. The van der Waals surface area contributed by atoms with E-state index in [-0.39, 0.29) is 30.3 Å². The second-order valence-corrected chi connectivity index (χ2v) is 7.07. The van der Waals surface area contributed by atoms with Crippen LogP contribution in [0.1, 0.15) is 18.5 Å². The van der Waals surface area contributed by atoms with Crippen molar-refractivity contribution in [2.75, 3.05) is 24.5 Å². The lowest BCUT2D eigenvalue weighted by Gasteiger charge is -2.21. The molecule has 2 aliphatic rings. The summed E-state index contributed by atoms with van der Waals surface area (Å²) < 4.78 is 5.84. The van der Waals surface area contributed by atoms with Crippen LogP contribution in [0, 0.1) is 12.8 Å². The molecule has 1 aromatic carbocycles. The van der Waals surface area contributed by atoms with E-state index in [1.54, 1.807) is 15.9 Å². The molecule has 0 spiro atoms. The average Bonchev–Trinajstić information content (AvgIpc) is 3.30. The molecule has 4 rings (SSSR count). The van der Waals surface area contributed by atoms with E-state index in [1.165, 1.54) is 0 Å². The maximum absolute atomic E-state index is 12.9. The number of nitrogens with zero attached hydrogens (tertiary/aromatic N) is 4. The number of likely N-dealkylation sites (tertiary alicyclic amines) is 1. The van der Waals surface area contributed by atoms with E-state index in [0.717, 1.165) is 17.8 Å². The Hall–Kier alpha value is -2.96. The van der Waals surface area contributed by atoms with Crippen molar-refractivity contribution in [3.8, 4) is 5.88 Å². The molecule has 0 saturated carbocycles. The number of aromatic nitrogens is 2. The van der Waals surface area contributed by atoms with Crippen molar-refractivity contribution in [3.63, 3.8) is 0 Å². The zero-order valence-electron chi connectivity index (χ0n) is 15.2. The van der Waals surface area contributed by atoms with Crippen molar-refractivity contribution in [1.82, 2.24) is 15.1 Å². The van der Waals surface area contributed by atoms with Crippen LogP contribution in [-0.4, -0.2) is 52.6 Å². The molecule has 0 bridgehead atoms. The Bertz CT molecular complexity index is 825. The van der Waals surface area contributed by atoms with E-state index in [1.807, 2.05) is 43.3 Å². The number of para-hydroxylation sites is 1. The van der Waals surface area contributed by atoms with Gasteiger partial charge in [-0.25, -0.2) is 0 Å². The van der Waals surface area contributed by atoms with Gasteiger partial charge in [0.2, 0.25) is 17.7 Å². The number of benzene rings is 1. The summed E-state index contributed by atoms with van der Waals surface area (Å²) in [7, 11) is 0. The summed E-state index contributed by atoms with van der Waals surface area (Å²) in [6, 6.07) is 13.1. The molecule has 140 valence electrons. The molecule has 2 saturated heterocycles. The Morgan fingerprint density at radius 3 is 2.67 bits per heavy atom. The number of amides is 2. The monoisotopic (exact) mass is 366 g/mol. The normalized spacial score (nSPS) is 22.3. The molecule has 2 atom stereocenters. The van der Waals surface area contributed by atoms with Crippen LogP contribution in [-0.2, 0) is 9.59 Å². The van der Waals surface area contributed by atoms with Crippen molar-refractivity contribution < 1.29 is 14.3 Å². The van der Waals surface area contributed by atoms with E-state index >= 15 is 0 Å². The highest BCUT2D eigenvalue weighted by molar-refractivity contribution is 6.00. The summed E-state index contributed by atoms with van der Waals surface area (Å²) >= 11 is 0. The van der Waals surface area contributed by atoms with Crippen molar-refractivity contribution in [1.29, 1.82) is 0 Å². The molecule has 27 heavy (non-hydrogen) atoms. The van der Waals surface area contributed by atoms with E-state index < -0.39 is 0 Å². The molecule has 2 fully saturated rings. The van der Waals surface area contributed by atoms with Crippen LogP contribution in [0.15, 0.2) is 42.5 Å². The minimum absolute atomic E-state index is 0.00137. The lowest BCUT2D eigenvalue weighted by atomic mass is 10.1. The number of carbonyl (C=O) groups excluding carboxylic acids is 2. The lowest BCUT2D eigenvalue weighted by Crippen LogP contribution is -2.37. The molecule has 2 unspecified atom stereocenters. The Labute approximate surface area is 157 Å². The highest BCUT2D eigenvalue weighted by Crippen LogP contribution is 2.27. The Morgan fingerprint density at radius 1 is 1.11 bits per heavy atom. The third-order valence-electron chi connectivity index (χ3n) is 5.06. The number of hydrogen-bond acceptors (Lipinski definition) is 5. The Balaban J connectivity index is 1.35. The van der Waals surface area contributed by atoms with E-state index in [9.17, 15) is 9.59 Å². The SMILES string of the molecule is Cc1ccc(OC2CCN(C(=O)C3CC(=O)N(c4ccccc4)C3)C2)nn1. The van der Waals surface area contributed by atoms with Gasteiger partial charge in [-0.1, -0.05) is 18.2 Å². The van der Waals surface area contributed by atoms with Crippen LogP contribution >= 0.6 is 0 Å². The zero-order valence-corrected chi connectivity index (χ0v) is 15.2. The van der Waals surface area contributed by atoms with Crippen LogP contribution in [0.5, 0.6) is 5.88 Å². The summed E-state index contributed by atoms with van der Waals surface area (Å²) in [5, 5.41) is 8.00. The van der Waals surface area contributed by atoms with Crippen molar-refractivity contribution in [3.05, 3.63) is 48.2 Å². The molecule has 2 amide bonds. The third-order valence-corrected chi connectivity index (χ3v) is 5.06. The van der Waals surface area contributed by atoms with Gasteiger partial charge in [-0.05, 0) is 25.1 Å². The molecule has 0 N–H and O–H groups in total. The van der Waals surface area contributed by atoms with Gasteiger partial charge in [-0.3, -0.25) is 9.59 Å². The van der Waals surface area contributed by atoms with Gasteiger partial charge in [-0.2, -0.15) is 5.10 Å². The molecule has 7 nitrogen and oxygen atoms in total. The number of carbonyl (C=O) groups is 2. The minimum atomic E-state index is -0.296. The first-order valence-corrected chi connectivity index (χ1v) is 9.21. The molecule has 3 heterocycles. The van der Waals surface area contributed by atoms with Gasteiger partial charge in [0.1, 0.15) is 6.10 Å². The van der Waals surface area contributed by atoms with E-state index in [0.29, 0.717) is 25.5 Å². The highest BCUT2D eigenvalue weighted by Gasteiger charge is 2.39. The topological polar surface area (TPSA) is 75.6 Å². The predicted octanol–water partition coefficient (Wildman–Crippen LogP) is 1.82. The molecule has 2 aliphatic heterocycles. The number of aryl methyl sites for hydroxylation is 1. The van der Waals surface area contributed by atoms with Crippen molar-refractivity contribution >= 4 is 17.5 Å². The van der Waals surface area contributed by atoms with Crippen molar-refractivity contribution in [2.24, 2.45) is 5.92 Å². The predicted molar refractivity (Wildman–Crippen MR) is 99.3 cm³/mol. The lowest BCUT2D eigenvalue weighted by molar-refractivity contribution is -0.135. The largest absolute Gasteiger partial charge is 0.471 e. The van der Waals surface area contributed by atoms with Crippen LogP contribution in [0.4, 0.5) is 5.69 Å². The van der Waals surface area contributed by atoms with Gasteiger partial charge in [0.25, 0.3) is 0 Å². The fraction of sp³-hybridized carbons (Fsp3) is 0.400. The molecular formula is C20H22N4O3. The van der Waals surface area contributed by atoms with Gasteiger partial charge in [0.15, 0.2) is 0 Å². The van der Waals surface area contributed by atoms with Gasteiger partial charge >= 0.3 is 0 Å². The fourth-order valence-electron chi connectivity index (χ4n) is 3.63. The van der Waals surface area contributed by atoms with E-state index in [4.69, 9.17) is 4.74 Å². The fourth-order valence-corrected chi connectivity index (χ4v) is 3.63. The highest BCUT2D eigenvalue weighted by atomic mass is 16.5. The summed E-state index contributed by atoms with van der Waals surface area (Å²) in [6.45, 7) is 3.46. The first kappa shape index (κ1) is 17.5. The molecule has 0 aliphatic carbocycles. The Morgan fingerprint density at radius 2 is 1.93 bits per heavy atom. The second kappa shape index (κ2) is 7.34. The van der Waals surface area contributed by atoms with Gasteiger partial charge in [0, 0.05) is 37.7 Å². The maximum Gasteiger partial charge on any atom is 0.233 e. The molecular weight excluding hydrogens is 344 g/mol. The average molecular weight is 366 g/mol. The van der Waals surface area contributed by atoms with Crippen LogP contribution in [0.3, 0.4) is 0 Å². The van der Waals surface area contributed by atoms with Gasteiger partial charge in [0.05, 0.1) is 18.2 Å². The number of ether oxygens (including phenoxy) is 1. The maximum atomic E-state index is 12.9. The third kappa shape index (κ3) is 3.77. The minimum Gasteiger partial charge on any atom is -0.471 e.